The highest BCUT2D eigenvalue weighted by atomic mass is 16.4. The molecule has 0 bridgehead atoms. The number of carbonyl (C=O) groups is 2. The molecule has 1 aliphatic heterocycles. The number of rotatable bonds is 5. The summed E-state index contributed by atoms with van der Waals surface area (Å²) < 4.78 is 0. The first-order chi connectivity index (χ1) is 12.1. The Labute approximate surface area is 148 Å². The third-order valence-electron chi connectivity index (χ3n) is 5.77. The number of carboxylic acid groups (broad SMARTS) is 1. The molecule has 3 rings (SSSR count). The zero-order chi connectivity index (χ0) is 17.8. The topological polar surface area (TPSA) is 77.8 Å². The second-order valence-electron chi connectivity index (χ2n) is 7.38. The second kappa shape index (κ2) is 8.00. The van der Waals surface area contributed by atoms with E-state index in [-0.39, 0.29) is 23.8 Å². The zero-order valence-corrected chi connectivity index (χ0v) is 14.5. The lowest BCUT2D eigenvalue weighted by Crippen LogP contribution is -2.41. The van der Waals surface area contributed by atoms with E-state index < -0.39 is 12.1 Å². The van der Waals surface area contributed by atoms with E-state index in [9.17, 15) is 14.7 Å². The number of benzene rings is 1. The maximum Gasteiger partial charge on any atom is 0.306 e. The van der Waals surface area contributed by atoms with Crippen molar-refractivity contribution in [2.45, 2.75) is 57.1 Å². The van der Waals surface area contributed by atoms with E-state index in [0.717, 1.165) is 24.9 Å². The molecule has 1 amide bonds. The number of likely N-dealkylation sites (tertiary alicyclic amines) is 1. The van der Waals surface area contributed by atoms with Gasteiger partial charge in [0.1, 0.15) is 0 Å². The summed E-state index contributed by atoms with van der Waals surface area (Å²) in [5, 5.41) is 19.6. The predicted molar refractivity (Wildman–Crippen MR) is 93.8 cm³/mol. The Hall–Kier alpha value is -1.88. The van der Waals surface area contributed by atoms with Gasteiger partial charge >= 0.3 is 5.97 Å². The molecule has 136 valence electrons. The number of aliphatic hydroxyl groups is 1. The Balaban J connectivity index is 1.58. The lowest BCUT2D eigenvalue weighted by atomic mass is 9.81. The molecule has 2 unspecified atom stereocenters. The lowest BCUT2D eigenvalue weighted by molar-refractivity contribution is -0.146. The van der Waals surface area contributed by atoms with E-state index in [0.29, 0.717) is 32.1 Å². The highest BCUT2D eigenvalue weighted by molar-refractivity contribution is 5.80. The van der Waals surface area contributed by atoms with Crippen LogP contribution >= 0.6 is 0 Å². The molecule has 1 aromatic carbocycles. The smallest absolute Gasteiger partial charge is 0.306 e. The Morgan fingerprint density at radius 1 is 1.04 bits per heavy atom. The van der Waals surface area contributed by atoms with Gasteiger partial charge in [0.25, 0.3) is 0 Å². The molecular weight excluding hydrogens is 318 g/mol. The summed E-state index contributed by atoms with van der Waals surface area (Å²) >= 11 is 0. The number of nitrogens with zero attached hydrogens (tertiary/aromatic N) is 1. The Morgan fingerprint density at radius 3 is 2.32 bits per heavy atom. The summed E-state index contributed by atoms with van der Waals surface area (Å²) in [5.74, 6) is -0.925. The fourth-order valence-electron chi connectivity index (χ4n) is 4.26. The van der Waals surface area contributed by atoms with Crippen molar-refractivity contribution >= 4 is 11.9 Å². The van der Waals surface area contributed by atoms with Crippen LogP contribution in [0, 0.1) is 11.8 Å². The number of hydrogen-bond acceptors (Lipinski definition) is 3. The average molecular weight is 345 g/mol. The number of hydrogen-bond donors (Lipinski definition) is 2. The van der Waals surface area contributed by atoms with Crippen molar-refractivity contribution in [2.24, 2.45) is 11.8 Å². The molecule has 2 atom stereocenters. The van der Waals surface area contributed by atoms with Gasteiger partial charge in [-0.05, 0) is 50.5 Å². The van der Waals surface area contributed by atoms with Crippen LogP contribution in [0.25, 0.3) is 0 Å². The maximum atomic E-state index is 12.9. The minimum atomic E-state index is -0.740. The molecule has 0 spiro atoms. The van der Waals surface area contributed by atoms with Gasteiger partial charge < -0.3 is 15.1 Å². The van der Waals surface area contributed by atoms with Gasteiger partial charge in [-0.15, -0.1) is 0 Å². The Morgan fingerprint density at radius 2 is 1.68 bits per heavy atom. The van der Waals surface area contributed by atoms with Crippen molar-refractivity contribution in [3.63, 3.8) is 0 Å². The second-order valence-corrected chi connectivity index (χ2v) is 7.38. The summed E-state index contributed by atoms with van der Waals surface area (Å²) in [7, 11) is 0. The maximum absolute atomic E-state index is 12.9. The number of carboxylic acids is 1. The molecular formula is C20H27NO4. The van der Waals surface area contributed by atoms with Gasteiger partial charge in [-0.2, -0.15) is 0 Å². The first kappa shape index (κ1) is 17.9. The molecule has 0 radical (unpaired) electrons. The zero-order valence-electron chi connectivity index (χ0n) is 14.5. The van der Waals surface area contributed by atoms with Crippen molar-refractivity contribution in [1.29, 1.82) is 0 Å². The van der Waals surface area contributed by atoms with Crippen LogP contribution in [0.5, 0.6) is 0 Å². The van der Waals surface area contributed by atoms with Gasteiger partial charge in [0, 0.05) is 18.5 Å². The van der Waals surface area contributed by atoms with Crippen LogP contribution in [-0.2, 0) is 9.59 Å². The molecule has 2 aliphatic rings. The minimum absolute atomic E-state index is 0.0509. The molecule has 5 heteroatoms. The van der Waals surface area contributed by atoms with Crippen LogP contribution < -0.4 is 0 Å². The van der Waals surface area contributed by atoms with Crippen molar-refractivity contribution in [2.75, 3.05) is 6.54 Å². The van der Waals surface area contributed by atoms with Crippen molar-refractivity contribution in [3.05, 3.63) is 35.9 Å². The third-order valence-corrected chi connectivity index (χ3v) is 5.77. The molecule has 2 fully saturated rings. The predicted octanol–water partition coefficient (Wildman–Crippen LogP) is 2.99. The minimum Gasteiger partial charge on any atom is -0.481 e. The molecule has 0 aromatic heterocycles. The largest absolute Gasteiger partial charge is 0.481 e. The van der Waals surface area contributed by atoms with Crippen molar-refractivity contribution in [3.8, 4) is 0 Å². The van der Waals surface area contributed by atoms with E-state index in [1.807, 2.05) is 35.2 Å². The van der Waals surface area contributed by atoms with Gasteiger partial charge in [0.15, 0.2) is 0 Å². The van der Waals surface area contributed by atoms with Crippen LogP contribution in [0.1, 0.15) is 56.6 Å². The van der Waals surface area contributed by atoms with Gasteiger partial charge in [-0.1, -0.05) is 30.3 Å². The van der Waals surface area contributed by atoms with Gasteiger partial charge in [0.2, 0.25) is 5.91 Å². The number of amides is 1. The highest BCUT2D eigenvalue weighted by Crippen LogP contribution is 2.34. The van der Waals surface area contributed by atoms with E-state index >= 15 is 0 Å². The van der Waals surface area contributed by atoms with Crippen LogP contribution in [0.15, 0.2) is 30.3 Å². The number of aliphatic hydroxyl groups excluding tert-OH is 1. The van der Waals surface area contributed by atoms with Crippen LogP contribution in [0.4, 0.5) is 0 Å². The normalized spacial score (nSPS) is 27.9. The fourth-order valence-corrected chi connectivity index (χ4v) is 4.26. The number of aliphatic carboxylic acids is 1. The summed E-state index contributed by atoms with van der Waals surface area (Å²) in [4.78, 5) is 25.9. The Kier molecular flexibility index (Phi) is 5.74. The summed E-state index contributed by atoms with van der Waals surface area (Å²) in [6, 6.07) is 9.67. The van der Waals surface area contributed by atoms with Crippen LogP contribution in [0.2, 0.25) is 0 Å². The molecule has 1 saturated heterocycles. The standard InChI is InChI=1S/C20H27NO4/c22-18(14-5-2-1-3-6-14)13-17-7-4-12-21(17)19(23)15-8-10-16(11-9-15)20(24)25/h1-3,5-6,15-18,22H,4,7-13H2,(H,24,25). The average Bonchev–Trinajstić information content (AvgIpc) is 3.10. The van der Waals surface area contributed by atoms with Gasteiger partial charge in [-0.3, -0.25) is 9.59 Å². The van der Waals surface area contributed by atoms with E-state index in [2.05, 4.69) is 0 Å². The highest BCUT2D eigenvalue weighted by Gasteiger charge is 2.37. The van der Waals surface area contributed by atoms with Gasteiger partial charge in [0.05, 0.1) is 12.0 Å². The molecule has 1 aliphatic carbocycles. The van der Waals surface area contributed by atoms with Crippen molar-refractivity contribution in [1.82, 2.24) is 4.90 Å². The molecule has 1 saturated carbocycles. The molecule has 5 nitrogen and oxygen atoms in total. The van der Waals surface area contributed by atoms with Crippen LogP contribution in [0.3, 0.4) is 0 Å². The number of carbonyl (C=O) groups excluding carboxylic acids is 1. The first-order valence-electron chi connectivity index (χ1n) is 9.32. The van der Waals surface area contributed by atoms with Gasteiger partial charge in [-0.25, -0.2) is 0 Å². The monoisotopic (exact) mass is 345 g/mol. The summed E-state index contributed by atoms with van der Waals surface area (Å²) in [6.07, 6.45) is 4.44. The molecule has 1 heterocycles. The van der Waals surface area contributed by atoms with E-state index in [1.54, 1.807) is 0 Å². The van der Waals surface area contributed by atoms with Crippen molar-refractivity contribution < 1.29 is 19.8 Å². The molecule has 2 N–H and O–H groups in total. The van der Waals surface area contributed by atoms with Crippen LogP contribution in [-0.4, -0.2) is 39.6 Å². The molecule has 1 aromatic rings. The SMILES string of the molecule is O=C(O)C1CCC(C(=O)N2CCCC2CC(O)c2ccccc2)CC1. The third kappa shape index (κ3) is 4.21. The summed E-state index contributed by atoms with van der Waals surface area (Å²) in [5.41, 5.74) is 0.892. The van der Waals surface area contributed by atoms with E-state index in [1.165, 1.54) is 0 Å². The Bertz CT molecular complexity index is 595. The van der Waals surface area contributed by atoms with E-state index in [4.69, 9.17) is 5.11 Å². The molecule has 25 heavy (non-hydrogen) atoms. The first-order valence-corrected chi connectivity index (χ1v) is 9.32. The summed E-state index contributed by atoms with van der Waals surface area (Å²) in [6.45, 7) is 0.754. The fraction of sp³-hybridized carbons (Fsp3) is 0.600. The lowest BCUT2D eigenvalue weighted by Gasteiger charge is -2.33. The quantitative estimate of drug-likeness (QED) is 0.860.